The van der Waals surface area contributed by atoms with Crippen LogP contribution in [0.3, 0.4) is 0 Å². The van der Waals surface area contributed by atoms with Crippen LogP contribution in [0.4, 0.5) is 0 Å². The molecule has 0 bridgehead atoms. The number of rotatable bonds is 3. The summed E-state index contributed by atoms with van der Waals surface area (Å²) in [5.74, 6) is 0.398. The molecule has 0 aromatic rings. The van der Waals surface area contributed by atoms with E-state index in [2.05, 4.69) is 17.7 Å². The second kappa shape index (κ2) is 5.78. The average molecular weight is 285 g/mol. The Kier molecular flexibility index (Phi) is 4.49. The molecule has 1 atom stereocenters. The highest BCUT2D eigenvalue weighted by Gasteiger charge is 2.39. The molecule has 0 amide bonds. The number of nitrogens with zero attached hydrogens (tertiary/aromatic N) is 2. The minimum atomic E-state index is -3.53. The predicted octanol–water partition coefficient (Wildman–Crippen LogP) is 1.78. The molecular weight excluding hydrogens is 262 g/mol. The van der Waals surface area contributed by atoms with E-state index >= 15 is 0 Å². The van der Waals surface area contributed by atoms with Gasteiger partial charge in [0.25, 0.3) is 10.2 Å². The summed E-state index contributed by atoms with van der Waals surface area (Å²) in [6, 6.07) is 2.21. The zero-order chi connectivity index (χ0) is 13.9. The van der Waals surface area contributed by atoms with Gasteiger partial charge in [0.2, 0.25) is 0 Å². The van der Waals surface area contributed by atoms with E-state index in [9.17, 15) is 13.7 Å². The Morgan fingerprint density at radius 2 is 1.95 bits per heavy atom. The van der Waals surface area contributed by atoms with Gasteiger partial charge in [-0.2, -0.15) is 22.7 Å². The molecule has 1 heterocycles. The lowest BCUT2D eigenvalue weighted by molar-refractivity contribution is 0.266. The largest absolute Gasteiger partial charge is 0.280 e. The third-order valence-corrected chi connectivity index (χ3v) is 5.87. The van der Waals surface area contributed by atoms with Gasteiger partial charge in [0.1, 0.15) is 5.54 Å². The molecule has 0 aromatic carbocycles. The van der Waals surface area contributed by atoms with Crippen molar-refractivity contribution >= 4 is 10.2 Å². The van der Waals surface area contributed by atoms with Crippen molar-refractivity contribution in [1.29, 1.82) is 5.26 Å². The standard InChI is InChI=1S/C13H23N3O2S/c1-12-6-5-9-16(10-12)19(17,18)15-13(11-14)7-3-2-4-8-13/h12,15H,2-10H2,1H3. The zero-order valence-electron chi connectivity index (χ0n) is 11.6. The van der Waals surface area contributed by atoms with Crippen LogP contribution in [0, 0.1) is 17.2 Å². The van der Waals surface area contributed by atoms with Crippen molar-refractivity contribution in [2.45, 2.75) is 57.4 Å². The van der Waals surface area contributed by atoms with Gasteiger partial charge in [-0.05, 0) is 31.6 Å². The Bertz CT molecular complexity index is 449. The Morgan fingerprint density at radius 1 is 1.26 bits per heavy atom. The highest BCUT2D eigenvalue weighted by molar-refractivity contribution is 7.87. The smallest absolute Gasteiger partial charge is 0.196 e. The van der Waals surface area contributed by atoms with Crippen LogP contribution in [0.15, 0.2) is 0 Å². The second-order valence-corrected chi connectivity index (χ2v) is 7.64. The summed E-state index contributed by atoms with van der Waals surface area (Å²) in [7, 11) is -3.53. The average Bonchev–Trinajstić information content (AvgIpc) is 2.39. The van der Waals surface area contributed by atoms with Crippen molar-refractivity contribution < 1.29 is 8.42 Å². The second-order valence-electron chi connectivity index (χ2n) is 5.97. The first-order valence-corrected chi connectivity index (χ1v) is 8.62. The van der Waals surface area contributed by atoms with Crippen LogP contribution in [0.5, 0.6) is 0 Å². The van der Waals surface area contributed by atoms with Crippen LogP contribution in [-0.4, -0.2) is 31.4 Å². The molecule has 2 aliphatic rings. The number of nitrogens with one attached hydrogen (secondary N) is 1. The van der Waals surface area contributed by atoms with Crippen LogP contribution in [0.2, 0.25) is 0 Å². The molecule has 2 fully saturated rings. The molecule has 108 valence electrons. The van der Waals surface area contributed by atoms with Gasteiger partial charge in [0.05, 0.1) is 6.07 Å². The first-order valence-electron chi connectivity index (χ1n) is 7.18. The van der Waals surface area contributed by atoms with Crippen LogP contribution >= 0.6 is 0 Å². The van der Waals surface area contributed by atoms with E-state index in [-0.39, 0.29) is 0 Å². The molecule has 0 aromatic heterocycles. The van der Waals surface area contributed by atoms with E-state index in [1.165, 1.54) is 4.31 Å². The maximum atomic E-state index is 12.4. The van der Waals surface area contributed by atoms with Crippen molar-refractivity contribution in [3.8, 4) is 6.07 Å². The van der Waals surface area contributed by atoms with Gasteiger partial charge in [-0.25, -0.2) is 0 Å². The fourth-order valence-corrected chi connectivity index (χ4v) is 4.76. The van der Waals surface area contributed by atoms with Crippen LogP contribution in [-0.2, 0) is 10.2 Å². The summed E-state index contributed by atoms with van der Waals surface area (Å²) in [4.78, 5) is 0. The zero-order valence-corrected chi connectivity index (χ0v) is 12.4. The molecule has 6 heteroatoms. The van der Waals surface area contributed by atoms with Crippen molar-refractivity contribution in [2.75, 3.05) is 13.1 Å². The summed E-state index contributed by atoms with van der Waals surface area (Å²) in [5.41, 5.74) is -0.877. The molecule has 1 aliphatic carbocycles. The van der Waals surface area contributed by atoms with E-state index in [1.54, 1.807) is 0 Å². The summed E-state index contributed by atoms with van der Waals surface area (Å²) < 4.78 is 29.0. The molecule has 2 rings (SSSR count). The molecule has 1 aliphatic heterocycles. The van der Waals surface area contributed by atoms with Gasteiger partial charge < -0.3 is 0 Å². The minimum absolute atomic E-state index is 0.398. The van der Waals surface area contributed by atoms with Crippen molar-refractivity contribution in [1.82, 2.24) is 9.03 Å². The summed E-state index contributed by atoms with van der Waals surface area (Å²) >= 11 is 0. The molecule has 1 saturated heterocycles. The van der Waals surface area contributed by atoms with Crippen LogP contribution < -0.4 is 4.72 Å². The molecule has 5 nitrogen and oxygen atoms in total. The van der Waals surface area contributed by atoms with Crippen LogP contribution in [0.1, 0.15) is 51.9 Å². The Balaban J connectivity index is 2.09. The Labute approximate surface area is 116 Å². The van der Waals surface area contributed by atoms with Crippen molar-refractivity contribution in [3.05, 3.63) is 0 Å². The van der Waals surface area contributed by atoms with Crippen molar-refractivity contribution in [3.63, 3.8) is 0 Å². The normalized spacial score (nSPS) is 28.7. The Morgan fingerprint density at radius 3 is 2.53 bits per heavy atom. The Hall–Kier alpha value is -0.640. The van der Waals surface area contributed by atoms with E-state index in [4.69, 9.17) is 0 Å². The summed E-state index contributed by atoms with van der Waals surface area (Å²) in [6.07, 6.45) is 6.18. The fourth-order valence-electron chi connectivity index (χ4n) is 3.07. The molecule has 0 radical (unpaired) electrons. The van der Waals surface area contributed by atoms with Gasteiger partial charge in [-0.15, -0.1) is 0 Å². The highest BCUT2D eigenvalue weighted by atomic mass is 32.2. The number of hydrogen-bond donors (Lipinski definition) is 1. The maximum Gasteiger partial charge on any atom is 0.280 e. The predicted molar refractivity (Wildman–Crippen MR) is 73.5 cm³/mol. The van der Waals surface area contributed by atoms with E-state index in [1.807, 2.05) is 0 Å². The first kappa shape index (κ1) is 14.8. The molecule has 0 spiro atoms. The lowest BCUT2D eigenvalue weighted by atomic mass is 9.84. The van der Waals surface area contributed by atoms with Gasteiger partial charge in [-0.3, -0.25) is 0 Å². The molecule has 1 N–H and O–H groups in total. The maximum absolute atomic E-state index is 12.4. The quantitative estimate of drug-likeness (QED) is 0.859. The monoisotopic (exact) mass is 285 g/mol. The molecule has 1 saturated carbocycles. The van der Waals surface area contributed by atoms with Crippen LogP contribution in [0.25, 0.3) is 0 Å². The number of hydrogen-bond acceptors (Lipinski definition) is 3. The lowest BCUT2D eigenvalue weighted by Gasteiger charge is -2.36. The molecule has 19 heavy (non-hydrogen) atoms. The molecule has 1 unspecified atom stereocenters. The lowest BCUT2D eigenvalue weighted by Crippen LogP contribution is -2.55. The van der Waals surface area contributed by atoms with E-state index < -0.39 is 15.7 Å². The minimum Gasteiger partial charge on any atom is -0.196 e. The third-order valence-electron chi connectivity index (χ3n) is 4.21. The van der Waals surface area contributed by atoms with Gasteiger partial charge in [0, 0.05) is 13.1 Å². The molecular formula is C13H23N3O2S. The topological polar surface area (TPSA) is 73.2 Å². The number of piperidine rings is 1. The van der Waals surface area contributed by atoms with Gasteiger partial charge >= 0.3 is 0 Å². The van der Waals surface area contributed by atoms with E-state index in [0.29, 0.717) is 31.8 Å². The SMILES string of the molecule is CC1CCCN(S(=O)(=O)NC2(C#N)CCCCC2)C1. The summed E-state index contributed by atoms with van der Waals surface area (Å²) in [6.45, 7) is 3.21. The van der Waals surface area contributed by atoms with E-state index in [0.717, 1.165) is 32.1 Å². The first-order chi connectivity index (χ1) is 8.97. The fraction of sp³-hybridized carbons (Fsp3) is 0.923. The van der Waals surface area contributed by atoms with Gasteiger partial charge in [-0.1, -0.05) is 26.2 Å². The van der Waals surface area contributed by atoms with Gasteiger partial charge in [0.15, 0.2) is 0 Å². The third kappa shape index (κ3) is 3.47. The summed E-state index contributed by atoms with van der Waals surface area (Å²) in [5, 5.41) is 9.36. The highest BCUT2D eigenvalue weighted by Crippen LogP contribution is 2.29. The van der Waals surface area contributed by atoms with Crippen molar-refractivity contribution in [2.24, 2.45) is 5.92 Å². The number of nitriles is 1.